The average Bonchev–Trinajstić information content (AvgIpc) is 2.88. The van der Waals surface area contributed by atoms with Gasteiger partial charge in [0.15, 0.2) is 5.11 Å². The van der Waals surface area contributed by atoms with Gasteiger partial charge in [-0.15, -0.1) is 11.3 Å². The second-order valence-electron chi connectivity index (χ2n) is 6.30. The number of ether oxygens (including phenoxy) is 1. The number of thiocarbonyl (C=S) groups is 1. The second kappa shape index (κ2) is 6.79. The molecule has 0 aromatic carbocycles. The topological polar surface area (TPSA) is 79.5 Å². The quantitative estimate of drug-likeness (QED) is 0.251. The van der Waals surface area contributed by atoms with E-state index >= 15 is 0 Å². The molecular weight excluding hydrogens is 494 g/mol. The van der Waals surface area contributed by atoms with Gasteiger partial charge < -0.3 is 10.1 Å². The number of hydrazine groups is 1. The molecule has 136 valence electrons. The normalized spacial score (nSPS) is 22.7. The number of nitrogens with one attached hydrogen (secondary N) is 3. The zero-order valence-corrected chi connectivity index (χ0v) is 18.4. The highest BCUT2D eigenvalue weighted by atomic mass is 79.9. The fraction of sp³-hybridized carbons (Fsp3) is 0.533. The summed E-state index contributed by atoms with van der Waals surface area (Å²) in [6.45, 7) is 1.85. The molecule has 1 fully saturated rings. The number of alkyl halides is 2. The van der Waals surface area contributed by atoms with Crippen LogP contribution in [0.2, 0.25) is 0 Å². The lowest BCUT2D eigenvalue weighted by Crippen LogP contribution is -2.47. The van der Waals surface area contributed by atoms with Crippen molar-refractivity contribution in [3.63, 3.8) is 0 Å². The number of halogens is 2. The van der Waals surface area contributed by atoms with Crippen molar-refractivity contribution in [1.82, 2.24) is 10.9 Å². The van der Waals surface area contributed by atoms with Crippen LogP contribution in [0, 0.1) is 5.41 Å². The number of thiophene rings is 1. The molecule has 2 aliphatic rings. The number of aryl methyl sites for hydroxylation is 1. The lowest BCUT2D eigenvalue weighted by molar-refractivity contribution is -0.126. The minimum Gasteiger partial charge on any atom is -0.465 e. The van der Waals surface area contributed by atoms with E-state index in [1.165, 1.54) is 23.3 Å². The Morgan fingerprint density at radius 3 is 2.56 bits per heavy atom. The summed E-state index contributed by atoms with van der Waals surface area (Å²) in [5.74, 6) is -0.546. The minimum atomic E-state index is -0.545. The third kappa shape index (κ3) is 3.45. The zero-order valence-electron chi connectivity index (χ0n) is 13.6. The summed E-state index contributed by atoms with van der Waals surface area (Å²) in [7, 11) is 1.37. The number of anilines is 1. The molecular formula is C15H17Br2N3O3S2. The Morgan fingerprint density at radius 2 is 1.96 bits per heavy atom. The van der Waals surface area contributed by atoms with Gasteiger partial charge in [0.05, 0.1) is 21.3 Å². The van der Waals surface area contributed by atoms with Gasteiger partial charge in [-0.25, -0.2) is 4.79 Å². The van der Waals surface area contributed by atoms with Crippen molar-refractivity contribution in [2.45, 2.75) is 35.8 Å². The van der Waals surface area contributed by atoms with Crippen molar-refractivity contribution in [1.29, 1.82) is 0 Å². The van der Waals surface area contributed by atoms with Crippen LogP contribution in [0.15, 0.2) is 0 Å². The van der Waals surface area contributed by atoms with E-state index in [0.29, 0.717) is 17.0 Å². The number of hydrogen-bond donors (Lipinski definition) is 3. The molecule has 1 heterocycles. The molecule has 1 unspecified atom stereocenters. The van der Waals surface area contributed by atoms with Gasteiger partial charge in [-0.05, 0) is 50.4 Å². The Labute approximate surface area is 171 Å². The first kappa shape index (κ1) is 19.1. The molecule has 0 spiro atoms. The summed E-state index contributed by atoms with van der Waals surface area (Å²) >= 11 is 13.7. The third-order valence-corrected chi connectivity index (χ3v) is 8.31. The molecule has 1 saturated carbocycles. The number of fused-ring (bicyclic) bond motifs is 1. The number of esters is 1. The smallest absolute Gasteiger partial charge is 0.341 e. The van der Waals surface area contributed by atoms with Crippen LogP contribution in [0.1, 0.15) is 40.6 Å². The molecule has 10 heteroatoms. The van der Waals surface area contributed by atoms with Crippen molar-refractivity contribution < 1.29 is 14.3 Å². The molecule has 0 saturated heterocycles. The Hall–Kier alpha value is -0.710. The van der Waals surface area contributed by atoms with Gasteiger partial charge in [0.25, 0.3) is 0 Å². The van der Waals surface area contributed by atoms with Crippen LogP contribution in [0.4, 0.5) is 5.00 Å². The first-order chi connectivity index (χ1) is 11.7. The summed E-state index contributed by atoms with van der Waals surface area (Å²) in [6.07, 6.45) is 3.55. The van der Waals surface area contributed by atoms with Crippen molar-refractivity contribution in [3.8, 4) is 0 Å². The fourth-order valence-electron chi connectivity index (χ4n) is 2.84. The van der Waals surface area contributed by atoms with Gasteiger partial charge in [0.2, 0.25) is 5.91 Å². The van der Waals surface area contributed by atoms with E-state index in [4.69, 9.17) is 17.0 Å². The van der Waals surface area contributed by atoms with Crippen molar-refractivity contribution in [3.05, 3.63) is 16.0 Å². The fourth-order valence-corrected chi connectivity index (χ4v) is 5.82. The molecule has 6 nitrogen and oxygen atoms in total. The van der Waals surface area contributed by atoms with E-state index in [9.17, 15) is 9.59 Å². The van der Waals surface area contributed by atoms with Gasteiger partial charge in [0.1, 0.15) is 5.00 Å². The molecule has 1 aromatic heterocycles. The van der Waals surface area contributed by atoms with E-state index in [-0.39, 0.29) is 20.2 Å². The predicted octanol–water partition coefficient (Wildman–Crippen LogP) is 3.24. The average molecular weight is 511 g/mol. The Kier molecular flexibility index (Phi) is 5.18. The number of hydrogen-bond acceptors (Lipinski definition) is 5. The maximum Gasteiger partial charge on any atom is 0.341 e. The summed E-state index contributed by atoms with van der Waals surface area (Å²) in [5.41, 5.74) is 6.35. The molecule has 0 aliphatic heterocycles. The van der Waals surface area contributed by atoms with E-state index in [1.807, 2.05) is 6.92 Å². The number of methoxy groups -OCH3 is 1. The second-order valence-corrected chi connectivity index (χ2v) is 11.6. The molecule has 1 amide bonds. The molecule has 3 rings (SSSR count). The Bertz CT molecular complexity index is 765. The lowest BCUT2D eigenvalue weighted by atomic mass is 10.1. The van der Waals surface area contributed by atoms with E-state index < -0.39 is 5.41 Å². The highest BCUT2D eigenvalue weighted by molar-refractivity contribution is 9.25. The van der Waals surface area contributed by atoms with Crippen LogP contribution in [0.25, 0.3) is 0 Å². The summed E-state index contributed by atoms with van der Waals surface area (Å²) in [5, 5.41) is 3.87. The van der Waals surface area contributed by atoms with Crippen molar-refractivity contribution in [2.24, 2.45) is 5.41 Å². The maximum absolute atomic E-state index is 12.2. The number of carbonyl (C=O) groups is 2. The molecule has 0 radical (unpaired) electrons. The molecule has 2 aliphatic carbocycles. The minimum absolute atomic E-state index is 0.174. The van der Waals surface area contributed by atoms with Crippen LogP contribution in [-0.2, 0) is 22.4 Å². The van der Waals surface area contributed by atoms with Gasteiger partial charge in [-0.3, -0.25) is 15.6 Å². The van der Waals surface area contributed by atoms with Crippen LogP contribution in [-0.4, -0.2) is 27.3 Å². The monoisotopic (exact) mass is 509 g/mol. The summed E-state index contributed by atoms with van der Waals surface area (Å²) < 4.78 is 4.53. The predicted molar refractivity (Wildman–Crippen MR) is 108 cm³/mol. The van der Waals surface area contributed by atoms with E-state index in [2.05, 4.69) is 48.0 Å². The van der Waals surface area contributed by atoms with E-state index in [1.54, 1.807) is 0 Å². The molecule has 1 aromatic rings. The molecule has 3 N–H and O–H groups in total. The van der Waals surface area contributed by atoms with Crippen LogP contribution in [0.5, 0.6) is 0 Å². The Morgan fingerprint density at radius 1 is 1.28 bits per heavy atom. The standard InChI is InChI=1S/C15H17Br2N3O3S2/c1-14(6-15(14,16)17)12(22)19-20-13(24)18-10-9(11(21)23-2)7-4-3-5-8(7)25-10/h3-6H2,1-2H3,(H,19,22)(H2,18,20,24). The van der Waals surface area contributed by atoms with Gasteiger partial charge in [-0.2, -0.15) is 0 Å². The highest BCUT2D eigenvalue weighted by Crippen LogP contribution is 2.66. The maximum atomic E-state index is 12.2. The van der Waals surface area contributed by atoms with Crippen LogP contribution in [0.3, 0.4) is 0 Å². The number of amides is 1. The van der Waals surface area contributed by atoms with Gasteiger partial charge in [0, 0.05) is 4.88 Å². The van der Waals surface area contributed by atoms with Gasteiger partial charge >= 0.3 is 5.97 Å². The molecule has 0 bridgehead atoms. The third-order valence-electron chi connectivity index (χ3n) is 4.59. The van der Waals surface area contributed by atoms with Crippen molar-refractivity contribution in [2.75, 3.05) is 12.4 Å². The summed E-state index contributed by atoms with van der Waals surface area (Å²) in [6, 6.07) is 0. The van der Waals surface area contributed by atoms with Gasteiger partial charge in [-0.1, -0.05) is 31.9 Å². The molecule has 25 heavy (non-hydrogen) atoms. The SMILES string of the molecule is COC(=O)c1c(NC(=S)NNC(=O)C2(C)CC2(Br)Br)sc2c1CCC2. The largest absolute Gasteiger partial charge is 0.465 e. The first-order valence-corrected chi connectivity index (χ1v) is 10.5. The zero-order chi connectivity index (χ0) is 18.4. The lowest BCUT2D eigenvalue weighted by Gasteiger charge is -2.16. The van der Waals surface area contributed by atoms with Crippen LogP contribution < -0.4 is 16.2 Å². The van der Waals surface area contributed by atoms with Crippen LogP contribution >= 0.6 is 55.4 Å². The van der Waals surface area contributed by atoms with Crippen molar-refractivity contribution >= 4 is 77.4 Å². The first-order valence-electron chi connectivity index (χ1n) is 7.68. The summed E-state index contributed by atoms with van der Waals surface area (Å²) in [4.78, 5) is 25.5. The Balaban J connectivity index is 1.64. The number of carbonyl (C=O) groups excluding carboxylic acids is 2. The molecule has 1 atom stereocenters. The van der Waals surface area contributed by atoms with E-state index in [0.717, 1.165) is 24.8 Å². The highest BCUT2D eigenvalue weighted by Gasteiger charge is 2.66. The number of rotatable bonds is 3.